The molecule has 1 N–H and O–H groups in total. The summed E-state index contributed by atoms with van der Waals surface area (Å²) >= 11 is 0. The molecule has 0 fully saturated rings. The summed E-state index contributed by atoms with van der Waals surface area (Å²) in [5, 5.41) is 7.92. The van der Waals surface area contributed by atoms with Crippen molar-refractivity contribution in [2.75, 3.05) is 0 Å². The minimum Gasteiger partial charge on any atom is -0.345 e. The molecule has 31 heavy (non-hydrogen) atoms. The third-order valence-electron chi connectivity index (χ3n) is 5.92. The van der Waals surface area contributed by atoms with E-state index in [1.807, 2.05) is 64.1 Å². The third-order valence-corrected chi connectivity index (χ3v) is 5.92. The first-order valence-corrected chi connectivity index (χ1v) is 10.5. The Bertz CT molecular complexity index is 1190. The average Bonchev–Trinajstić information content (AvgIpc) is 3.44. The molecule has 2 heterocycles. The van der Waals surface area contributed by atoms with Crippen LogP contribution in [-0.4, -0.2) is 25.2 Å². The Morgan fingerprint density at radius 2 is 1.84 bits per heavy atom. The molecule has 0 bridgehead atoms. The topological polar surface area (TPSA) is 64.7 Å². The summed E-state index contributed by atoms with van der Waals surface area (Å²) in [5.74, 6) is -0.0710. The molecule has 1 unspecified atom stereocenters. The van der Waals surface area contributed by atoms with Crippen molar-refractivity contribution >= 4 is 5.91 Å². The van der Waals surface area contributed by atoms with E-state index in [0.717, 1.165) is 29.8 Å². The van der Waals surface area contributed by atoms with Crippen molar-refractivity contribution < 1.29 is 4.79 Å². The smallest absolute Gasteiger partial charge is 0.251 e. The number of carbonyl (C=O) groups is 1. The molecule has 4 aromatic rings. The first kappa shape index (κ1) is 19.3. The van der Waals surface area contributed by atoms with E-state index in [1.54, 1.807) is 12.5 Å². The molecule has 156 valence electrons. The fourth-order valence-electron chi connectivity index (χ4n) is 4.40. The fourth-order valence-corrected chi connectivity index (χ4v) is 4.40. The van der Waals surface area contributed by atoms with Crippen LogP contribution in [0.1, 0.15) is 47.9 Å². The Labute approximate surface area is 181 Å². The van der Waals surface area contributed by atoms with Gasteiger partial charge in [-0.15, -0.1) is 0 Å². The molecule has 0 spiro atoms. The lowest BCUT2D eigenvalue weighted by atomic mass is 9.74. The van der Waals surface area contributed by atoms with Gasteiger partial charge in [-0.05, 0) is 54.7 Å². The second-order valence-electron chi connectivity index (χ2n) is 8.88. The van der Waals surface area contributed by atoms with E-state index >= 15 is 0 Å². The largest absolute Gasteiger partial charge is 0.345 e. The summed E-state index contributed by atoms with van der Waals surface area (Å²) in [6.45, 7) is 4.49. The Morgan fingerprint density at radius 1 is 1.06 bits per heavy atom. The Morgan fingerprint density at radius 3 is 2.55 bits per heavy atom. The van der Waals surface area contributed by atoms with Gasteiger partial charge < -0.3 is 9.88 Å². The minimum absolute atomic E-state index is 0.0583. The average molecular weight is 412 g/mol. The standard InChI is InChI=1S/C25H25N5O/c1-25(2)14-22(21-16-27-30(23(21)15-25)20-6-4-3-5-7-20)28-24(31)18-8-10-19(11-9-18)29-13-12-26-17-29/h3-13,16-17,22H,14-15H2,1-2H3,(H,28,31). The second kappa shape index (κ2) is 7.54. The van der Waals surface area contributed by atoms with Gasteiger partial charge in [-0.2, -0.15) is 5.10 Å². The van der Waals surface area contributed by atoms with Crippen molar-refractivity contribution in [2.24, 2.45) is 5.41 Å². The predicted octanol–water partition coefficient (Wildman–Crippen LogP) is 4.50. The van der Waals surface area contributed by atoms with E-state index in [9.17, 15) is 4.79 Å². The molecule has 2 aromatic heterocycles. The molecular weight excluding hydrogens is 386 g/mol. The third kappa shape index (κ3) is 3.77. The van der Waals surface area contributed by atoms with Gasteiger partial charge in [0.25, 0.3) is 5.91 Å². The lowest BCUT2D eigenvalue weighted by molar-refractivity contribution is 0.0919. The van der Waals surface area contributed by atoms with Crippen molar-refractivity contribution in [3.63, 3.8) is 0 Å². The number of aromatic nitrogens is 4. The Kier molecular flexibility index (Phi) is 4.70. The maximum Gasteiger partial charge on any atom is 0.251 e. The molecular formula is C25H25N5O. The fraction of sp³-hybridized carbons (Fsp3) is 0.240. The maximum absolute atomic E-state index is 13.1. The quantitative estimate of drug-likeness (QED) is 0.538. The number of benzene rings is 2. The number of hydrogen-bond acceptors (Lipinski definition) is 3. The molecule has 0 aliphatic heterocycles. The van der Waals surface area contributed by atoms with Crippen molar-refractivity contribution in [3.05, 3.63) is 96.3 Å². The second-order valence-corrected chi connectivity index (χ2v) is 8.88. The highest BCUT2D eigenvalue weighted by Gasteiger charge is 2.36. The van der Waals surface area contributed by atoms with Crippen LogP contribution >= 0.6 is 0 Å². The van der Waals surface area contributed by atoms with Crippen molar-refractivity contribution in [1.29, 1.82) is 0 Å². The van der Waals surface area contributed by atoms with E-state index in [-0.39, 0.29) is 17.4 Å². The zero-order chi connectivity index (χ0) is 21.4. The minimum atomic E-state index is -0.0722. The van der Waals surface area contributed by atoms with Gasteiger partial charge in [-0.1, -0.05) is 32.0 Å². The highest BCUT2D eigenvalue weighted by atomic mass is 16.1. The summed E-state index contributed by atoms with van der Waals surface area (Å²) < 4.78 is 3.92. The van der Waals surface area contributed by atoms with Crippen LogP contribution in [0.5, 0.6) is 0 Å². The van der Waals surface area contributed by atoms with Gasteiger partial charge in [-0.25, -0.2) is 9.67 Å². The maximum atomic E-state index is 13.1. The Hall–Kier alpha value is -3.67. The molecule has 1 amide bonds. The number of para-hydroxylation sites is 1. The number of nitrogens with zero attached hydrogens (tertiary/aromatic N) is 4. The number of hydrogen-bond donors (Lipinski definition) is 1. The molecule has 6 heteroatoms. The number of carbonyl (C=O) groups excluding carboxylic acids is 1. The normalized spacial score (nSPS) is 17.2. The molecule has 0 saturated carbocycles. The monoisotopic (exact) mass is 411 g/mol. The van der Waals surface area contributed by atoms with Crippen molar-refractivity contribution in [3.8, 4) is 11.4 Å². The molecule has 1 atom stereocenters. The molecule has 0 saturated heterocycles. The SMILES string of the molecule is CC1(C)Cc2c(cnn2-c2ccccc2)C(NC(=O)c2ccc(-n3ccnc3)cc2)C1. The molecule has 5 rings (SSSR count). The van der Waals surface area contributed by atoms with E-state index in [1.165, 1.54) is 5.69 Å². The van der Waals surface area contributed by atoms with Crippen LogP contribution in [0.4, 0.5) is 0 Å². The molecule has 2 aromatic carbocycles. The van der Waals surface area contributed by atoms with Crippen LogP contribution < -0.4 is 5.32 Å². The Balaban J connectivity index is 1.41. The van der Waals surface area contributed by atoms with Gasteiger partial charge >= 0.3 is 0 Å². The van der Waals surface area contributed by atoms with Gasteiger partial charge in [0.15, 0.2) is 0 Å². The van der Waals surface area contributed by atoms with Gasteiger partial charge in [0.05, 0.1) is 29.9 Å². The highest BCUT2D eigenvalue weighted by Crippen LogP contribution is 2.41. The van der Waals surface area contributed by atoms with Crippen LogP contribution in [0.15, 0.2) is 79.5 Å². The van der Waals surface area contributed by atoms with Crippen LogP contribution in [0.2, 0.25) is 0 Å². The zero-order valence-electron chi connectivity index (χ0n) is 17.7. The lowest BCUT2D eigenvalue weighted by Gasteiger charge is -2.36. The summed E-state index contributed by atoms with van der Waals surface area (Å²) in [6.07, 6.45) is 9.06. The van der Waals surface area contributed by atoms with Crippen molar-refractivity contribution in [2.45, 2.75) is 32.7 Å². The van der Waals surface area contributed by atoms with Crippen LogP contribution in [0.25, 0.3) is 11.4 Å². The van der Waals surface area contributed by atoms with E-state index in [0.29, 0.717) is 5.56 Å². The predicted molar refractivity (Wildman–Crippen MR) is 119 cm³/mol. The van der Waals surface area contributed by atoms with E-state index < -0.39 is 0 Å². The van der Waals surface area contributed by atoms with Gasteiger partial charge in [0, 0.05) is 29.2 Å². The lowest BCUT2D eigenvalue weighted by Crippen LogP contribution is -2.36. The summed E-state index contributed by atoms with van der Waals surface area (Å²) in [4.78, 5) is 17.1. The number of rotatable bonds is 4. The van der Waals surface area contributed by atoms with E-state index in [2.05, 4.69) is 41.4 Å². The number of imidazole rings is 1. The molecule has 0 radical (unpaired) electrons. The first-order chi connectivity index (χ1) is 15.0. The van der Waals surface area contributed by atoms with Gasteiger partial charge in [0.2, 0.25) is 0 Å². The van der Waals surface area contributed by atoms with Crippen molar-refractivity contribution in [1.82, 2.24) is 24.6 Å². The summed E-state index contributed by atoms with van der Waals surface area (Å²) in [7, 11) is 0. The zero-order valence-corrected chi connectivity index (χ0v) is 17.7. The van der Waals surface area contributed by atoms with Gasteiger partial charge in [0.1, 0.15) is 0 Å². The molecule has 1 aliphatic rings. The summed E-state index contributed by atoms with van der Waals surface area (Å²) in [5.41, 5.74) is 4.99. The van der Waals surface area contributed by atoms with E-state index in [4.69, 9.17) is 0 Å². The summed E-state index contributed by atoms with van der Waals surface area (Å²) in [6, 6.07) is 17.7. The van der Waals surface area contributed by atoms with Crippen LogP contribution in [-0.2, 0) is 6.42 Å². The number of amides is 1. The number of fused-ring (bicyclic) bond motifs is 1. The molecule has 6 nitrogen and oxygen atoms in total. The van der Waals surface area contributed by atoms with Gasteiger partial charge in [-0.3, -0.25) is 4.79 Å². The number of nitrogens with one attached hydrogen (secondary N) is 1. The molecule has 1 aliphatic carbocycles. The van der Waals surface area contributed by atoms with Crippen LogP contribution in [0.3, 0.4) is 0 Å². The van der Waals surface area contributed by atoms with Crippen LogP contribution in [0, 0.1) is 5.41 Å². The highest BCUT2D eigenvalue weighted by molar-refractivity contribution is 5.94. The first-order valence-electron chi connectivity index (χ1n) is 10.5.